The van der Waals surface area contributed by atoms with Gasteiger partial charge in [-0.25, -0.2) is 18.1 Å². The van der Waals surface area contributed by atoms with Crippen molar-refractivity contribution in [1.29, 1.82) is 0 Å². The fraction of sp³-hybridized carbons (Fsp3) is 0.480. The molecule has 0 bridgehead atoms. The zero-order valence-electron chi connectivity index (χ0n) is 21.2. The molecule has 1 saturated heterocycles. The van der Waals surface area contributed by atoms with Gasteiger partial charge in [0, 0.05) is 61.5 Å². The SMILES string of the molecule is COc1cc(OCCCN(C)C)c(-c2cn3ccc(N4CCC(NS(C)(=O)=O)CC4)cc3n2)cc1Cl. The van der Waals surface area contributed by atoms with E-state index in [9.17, 15) is 8.42 Å². The zero-order valence-corrected chi connectivity index (χ0v) is 22.8. The maximum absolute atomic E-state index is 11.5. The molecule has 1 N–H and O–H groups in total. The Morgan fingerprint density at radius 1 is 1.19 bits per heavy atom. The lowest BCUT2D eigenvalue weighted by Gasteiger charge is -2.33. The van der Waals surface area contributed by atoms with Gasteiger partial charge in [-0.05, 0) is 45.5 Å². The summed E-state index contributed by atoms with van der Waals surface area (Å²) in [6.07, 6.45) is 7.58. The normalized spacial score (nSPS) is 15.1. The van der Waals surface area contributed by atoms with Crippen LogP contribution >= 0.6 is 11.6 Å². The minimum absolute atomic E-state index is 0.0195. The Bertz CT molecular complexity index is 1300. The number of hydrogen-bond donors (Lipinski definition) is 1. The number of hydrogen-bond acceptors (Lipinski definition) is 7. The van der Waals surface area contributed by atoms with E-state index in [0.717, 1.165) is 61.5 Å². The smallest absolute Gasteiger partial charge is 0.208 e. The molecule has 11 heteroatoms. The van der Waals surface area contributed by atoms with Crippen LogP contribution in [0, 0.1) is 0 Å². The van der Waals surface area contributed by atoms with Crippen LogP contribution in [0.2, 0.25) is 5.02 Å². The summed E-state index contributed by atoms with van der Waals surface area (Å²) in [4.78, 5) is 9.26. The average Bonchev–Trinajstić information content (AvgIpc) is 3.25. The van der Waals surface area contributed by atoms with Crippen LogP contribution in [-0.2, 0) is 10.0 Å². The summed E-state index contributed by atoms with van der Waals surface area (Å²) in [7, 11) is 2.47. The molecule has 0 atom stereocenters. The molecule has 0 saturated carbocycles. The van der Waals surface area contributed by atoms with Crippen LogP contribution in [-0.4, -0.2) is 82.4 Å². The van der Waals surface area contributed by atoms with E-state index in [0.29, 0.717) is 23.1 Å². The summed E-state index contributed by atoms with van der Waals surface area (Å²) in [5.41, 5.74) is 3.44. The lowest BCUT2D eigenvalue weighted by Crippen LogP contribution is -2.44. The van der Waals surface area contributed by atoms with Crippen molar-refractivity contribution in [2.24, 2.45) is 0 Å². The molecule has 4 rings (SSSR count). The first kappa shape index (κ1) is 26.5. The van der Waals surface area contributed by atoms with Crippen LogP contribution in [0.4, 0.5) is 5.69 Å². The molecular formula is C25H34ClN5O4S. The number of ether oxygens (including phenoxy) is 2. The molecule has 1 aliphatic rings. The number of benzene rings is 1. The number of aromatic nitrogens is 2. The summed E-state index contributed by atoms with van der Waals surface area (Å²) < 4.78 is 39.3. The van der Waals surface area contributed by atoms with Crippen molar-refractivity contribution in [2.45, 2.75) is 25.3 Å². The van der Waals surface area contributed by atoms with Crippen LogP contribution in [0.25, 0.3) is 16.9 Å². The number of nitrogens with one attached hydrogen (secondary N) is 1. The Balaban J connectivity index is 1.55. The molecule has 196 valence electrons. The summed E-state index contributed by atoms with van der Waals surface area (Å²) in [6.45, 7) is 3.04. The highest BCUT2D eigenvalue weighted by molar-refractivity contribution is 7.88. The van der Waals surface area contributed by atoms with Crippen LogP contribution < -0.4 is 19.1 Å². The molecule has 0 aliphatic carbocycles. The molecule has 0 radical (unpaired) electrons. The lowest BCUT2D eigenvalue weighted by atomic mass is 10.1. The van der Waals surface area contributed by atoms with E-state index < -0.39 is 10.0 Å². The van der Waals surface area contributed by atoms with Gasteiger partial charge in [0.05, 0.1) is 30.7 Å². The lowest BCUT2D eigenvalue weighted by molar-refractivity contribution is 0.281. The van der Waals surface area contributed by atoms with Gasteiger partial charge >= 0.3 is 0 Å². The first-order valence-corrected chi connectivity index (χ1v) is 14.3. The highest BCUT2D eigenvalue weighted by atomic mass is 35.5. The summed E-state index contributed by atoms with van der Waals surface area (Å²) >= 11 is 6.46. The predicted molar refractivity (Wildman–Crippen MR) is 144 cm³/mol. The van der Waals surface area contributed by atoms with Gasteiger partial charge < -0.3 is 23.7 Å². The van der Waals surface area contributed by atoms with Crippen molar-refractivity contribution in [3.63, 3.8) is 0 Å². The Kier molecular flexibility index (Phi) is 8.29. The van der Waals surface area contributed by atoms with E-state index in [2.05, 4.69) is 26.7 Å². The highest BCUT2D eigenvalue weighted by Gasteiger charge is 2.22. The van der Waals surface area contributed by atoms with Crippen molar-refractivity contribution >= 4 is 33.0 Å². The number of imidazole rings is 1. The Morgan fingerprint density at radius 2 is 1.94 bits per heavy atom. The van der Waals surface area contributed by atoms with Gasteiger partial charge in [-0.3, -0.25) is 0 Å². The topological polar surface area (TPSA) is 88.4 Å². The number of pyridine rings is 1. The van der Waals surface area contributed by atoms with Crippen molar-refractivity contribution in [3.05, 3.63) is 41.7 Å². The van der Waals surface area contributed by atoms with E-state index in [4.69, 9.17) is 26.1 Å². The number of piperidine rings is 1. The van der Waals surface area contributed by atoms with Gasteiger partial charge in [-0.15, -0.1) is 0 Å². The minimum atomic E-state index is -3.19. The fourth-order valence-corrected chi connectivity index (χ4v) is 5.51. The molecular weight excluding hydrogens is 502 g/mol. The number of methoxy groups -OCH3 is 1. The van der Waals surface area contributed by atoms with Crippen molar-refractivity contribution in [3.8, 4) is 22.8 Å². The Morgan fingerprint density at radius 3 is 2.61 bits per heavy atom. The zero-order chi connectivity index (χ0) is 25.9. The molecule has 0 unspecified atom stereocenters. The summed E-state index contributed by atoms with van der Waals surface area (Å²) in [5.74, 6) is 1.24. The van der Waals surface area contributed by atoms with Gasteiger partial charge in [0.1, 0.15) is 17.1 Å². The molecule has 1 aromatic carbocycles. The second-order valence-corrected chi connectivity index (χ2v) is 11.6. The third-order valence-electron chi connectivity index (χ3n) is 6.22. The van der Waals surface area contributed by atoms with E-state index in [1.165, 1.54) is 6.26 Å². The molecule has 3 aromatic rings. The largest absolute Gasteiger partial charge is 0.495 e. The van der Waals surface area contributed by atoms with Gasteiger partial charge in [0.25, 0.3) is 0 Å². The number of sulfonamides is 1. The van der Waals surface area contributed by atoms with Gasteiger partial charge in [0.15, 0.2) is 0 Å². The monoisotopic (exact) mass is 535 g/mol. The second-order valence-electron chi connectivity index (χ2n) is 9.42. The third kappa shape index (κ3) is 6.61. The second kappa shape index (κ2) is 11.2. The van der Waals surface area contributed by atoms with E-state index in [-0.39, 0.29) is 6.04 Å². The van der Waals surface area contributed by atoms with Gasteiger partial charge in [-0.1, -0.05) is 11.6 Å². The van der Waals surface area contributed by atoms with Crippen LogP contribution in [0.5, 0.6) is 11.5 Å². The number of halogens is 1. The van der Waals surface area contributed by atoms with Crippen LogP contribution in [0.3, 0.4) is 0 Å². The maximum atomic E-state index is 11.5. The number of anilines is 1. The molecule has 0 amide bonds. The maximum Gasteiger partial charge on any atom is 0.208 e. The third-order valence-corrected chi connectivity index (χ3v) is 7.28. The number of fused-ring (bicyclic) bond motifs is 1. The first-order chi connectivity index (χ1) is 17.1. The van der Waals surface area contributed by atoms with Crippen molar-refractivity contribution in [1.82, 2.24) is 19.0 Å². The van der Waals surface area contributed by atoms with Gasteiger partial charge in [-0.2, -0.15) is 0 Å². The van der Waals surface area contributed by atoms with E-state index in [1.54, 1.807) is 7.11 Å². The Hall–Kier alpha value is -2.53. The predicted octanol–water partition coefficient (Wildman–Crippen LogP) is 3.51. The molecule has 36 heavy (non-hydrogen) atoms. The Labute approximate surface area is 218 Å². The van der Waals surface area contributed by atoms with Gasteiger partial charge in [0.2, 0.25) is 10.0 Å². The van der Waals surface area contributed by atoms with Crippen LogP contribution in [0.15, 0.2) is 36.7 Å². The average molecular weight is 536 g/mol. The minimum Gasteiger partial charge on any atom is -0.495 e. The van der Waals surface area contributed by atoms with Crippen molar-refractivity contribution < 1.29 is 17.9 Å². The standard InChI is InChI=1S/C25H34ClN5O4S/c1-29(2)9-5-13-35-23-16-24(34-3)21(26)15-20(23)22-17-31-12-8-19(14-25(31)27-22)30-10-6-18(7-11-30)28-36(4,32)33/h8,12,14-18,28H,5-7,9-11,13H2,1-4H3. The van der Waals surface area contributed by atoms with Crippen LogP contribution in [0.1, 0.15) is 19.3 Å². The quantitative estimate of drug-likeness (QED) is 0.397. The molecule has 9 nitrogen and oxygen atoms in total. The molecule has 3 heterocycles. The fourth-order valence-electron chi connectivity index (χ4n) is 4.43. The molecule has 0 spiro atoms. The molecule has 1 aliphatic heterocycles. The first-order valence-electron chi connectivity index (χ1n) is 12.0. The summed E-state index contributed by atoms with van der Waals surface area (Å²) in [6, 6.07) is 7.74. The molecule has 2 aromatic heterocycles. The van der Waals surface area contributed by atoms with E-state index in [1.807, 2.05) is 43.0 Å². The van der Waals surface area contributed by atoms with E-state index >= 15 is 0 Å². The summed E-state index contributed by atoms with van der Waals surface area (Å²) in [5, 5.41) is 0.497. The highest BCUT2D eigenvalue weighted by Crippen LogP contribution is 2.38. The molecule has 1 fully saturated rings. The number of nitrogens with zero attached hydrogens (tertiary/aromatic N) is 4. The van der Waals surface area contributed by atoms with Crippen molar-refractivity contribution in [2.75, 3.05) is 58.6 Å². The number of rotatable bonds is 10.